The summed E-state index contributed by atoms with van der Waals surface area (Å²) in [6.07, 6.45) is 0. The topological polar surface area (TPSA) is 61.1 Å². The number of hydrogen-bond donors (Lipinski definition) is 0. The lowest BCUT2D eigenvalue weighted by Gasteiger charge is -2.20. The average Bonchev–Trinajstić information content (AvgIpc) is 2.69. The van der Waals surface area contributed by atoms with E-state index in [-0.39, 0.29) is 5.92 Å². The molecule has 0 aliphatic heterocycles. The SMILES string of the molecule is CC(C[n+]1csc2ccc(Cl)cc21)C(C)S(=O)(=O)[O-]. The molecule has 4 nitrogen and oxygen atoms in total. The number of aromatic nitrogens is 1. The second kappa shape index (κ2) is 5.36. The van der Waals surface area contributed by atoms with E-state index in [9.17, 15) is 13.0 Å². The van der Waals surface area contributed by atoms with E-state index in [1.165, 1.54) is 6.92 Å². The number of nitrogens with zero attached hydrogens (tertiary/aromatic N) is 1. The monoisotopic (exact) mass is 319 g/mol. The molecule has 1 heterocycles. The van der Waals surface area contributed by atoms with Crippen LogP contribution in [0.5, 0.6) is 0 Å². The first-order valence-electron chi connectivity index (χ1n) is 5.80. The molecule has 0 fully saturated rings. The summed E-state index contributed by atoms with van der Waals surface area (Å²) in [6.45, 7) is 3.69. The number of fused-ring (bicyclic) bond motifs is 1. The normalized spacial score (nSPS) is 15.6. The maximum Gasteiger partial charge on any atom is 0.225 e. The van der Waals surface area contributed by atoms with Gasteiger partial charge in [-0.25, -0.2) is 8.42 Å². The fraction of sp³-hybridized carbons (Fsp3) is 0.417. The molecular weight excluding hydrogens is 306 g/mol. The van der Waals surface area contributed by atoms with E-state index < -0.39 is 15.4 Å². The minimum Gasteiger partial charge on any atom is -0.748 e. The standard InChI is InChI=1S/C12H14ClNO3S2/c1-8(9(2)19(15,16)17)6-14-7-18-12-4-3-10(13)5-11(12)14/h3-5,7-9H,6H2,1-2H3. The Bertz CT molecular complexity index is 696. The van der Waals surface area contributed by atoms with Gasteiger partial charge in [0.2, 0.25) is 11.0 Å². The van der Waals surface area contributed by atoms with Crippen molar-refractivity contribution in [3.63, 3.8) is 0 Å². The van der Waals surface area contributed by atoms with Crippen molar-refractivity contribution in [2.75, 3.05) is 0 Å². The number of hydrogen-bond acceptors (Lipinski definition) is 4. The number of thiazole rings is 1. The molecule has 0 aliphatic carbocycles. The molecule has 2 rings (SSSR count). The quantitative estimate of drug-likeness (QED) is 0.642. The van der Waals surface area contributed by atoms with Gasteiger partial charge < -0.3 is 4.55 Å². The van der Waals surface area contributed by atoms with Crippen LogP contribution in [0.15, 0.2) is 23.7 Å². The molecule has 0 saturated heterocycles. The Balaban J connectivity index is 2.29. The Morgan fingerprint density at radius 3 is 2.74 bits per heavy atom. The molecule has 2 aromatic rings. The summed E-state index contributed by atoms with van der Waals surface area (Å²) in [4.78, 5) is 0. The van der Waals surface area contributed by atoms with Crippen molar-refractivity contribution in [1.82, 2.24) is 0 Å². The van der Waals surface area contributed by atoms with Crippen molar-refractivity contribution in [2.24, 2.45) is 5.92 Å². The molecule has 1 aromatic heterocycles. The molecule has 7 heteroatoms. The first-order chi connectivity index (χ1) is 8.79. The van der Waals surface area contributed by atoms with Crippen molar-refractivity contribution < 1.29 is 17.5 Å². The molecule has 1 aromatic carbocycles. The van der Waals surface area contributed by atoms with Gasteiger partial charge in [0.15, 0.2) is 6.54 Å². The van der Waals surface area contributed by atoms with Crippen LogP contribution in [0.25, 0.3) is 10.2 Å². The van der Waals surface area contributed by atoms with Gasteiger partial charge >= 0.3 is 0 Å². The summed E-state index contributed by atoms with van der Waals surface area (Å²) < 4.78 is 36.1. The summed E-state index contributed by atoms with van der Waals surface area (Å²) >= 11 is 7.53. The fourth-order valence-corrected chi connectivity index (χ4v) is 3.58. The summed E-state index contributed by atoms with van der Waals surface area (Å²) in [5.41, 5.74) is 2.88. The van der Waals surface area contributed by atoms with E-state index in [0.29, 0.717) is 11.6 Å². The van der Waals surface area contributed by atoms with Crippen LogP contribution < -0.4 is 4.57 Å². The maximum absolute atomic E-state index is 11.0. The van der Waals surface area contributed by atoms with Crippen molar-refractivity contribution in [1.29, 1.82) is 0 Å². The van der Waals surface area contributed by atoms with Crippen molar-refractivity contribution in [2.45, 2.75) is 25.6 Å². The smallest absolute Gasteiger partial charge is 0.225 e. The molecule has 0 N–H and O–H groups in total. The van der Waals surface area contributed by atoms with Gasteiger partial charge in [-0.05, 0) is 19.1 Å². The molecule has 0 spiro atoms. The lowest BCUT2D eigenvalue weighted by molar-refractivity contribution is -0.673. The molecule has 0 radical (unpaired) electrons. The first-order valence-corrected chi connectivity index (χ1v) is 8.53. The van der Waals surface area contributed by atoms with Crippen LogP contribution in [0.1, 0.15) is 13.8 Å². The summed E-state index contributed by atoms with van der Waals surface area (Å²) in [5, 5.41) is -0.272. The molecule has 19 heavy (non-hydrogen) atoms. The van der Waals surface area contributed by atoms with Crippen molar-refractivity contribution in [3.8, 4) is 0 Å². The van der Waals surface area contributed by atoms with Gasteiger partial charge in [-0.1, -0.05) is 29.9 Å². The highest BCUT2D eigenvalue weighted by Crippen LogP contribution is 2.21. The van der Waals surface area contributed by atoms with Crippen LogP contribution in [0.3, 0.4) is 0 Å². The van der Waals surface area contributed by atoms with Crippen LogP contribution in [-0.2, 0) is 16.7 Å². The maximum atomic E-state index is 11.0. The lowest BCUT2D eigenvalue weighted by atomic mass is 10.1. The first kappa shape index (κ1) is 14.7. The van der Waals surface area contributed by atoms with Gasteiger partial charge in [0.05, 0.1) is 15.4 Å². The molecular formula is C12H14ClNO3S2. The molecule has 0 aliphatic rings. The zero-order valence-corrected chi connectivity index (χ0v) is 12.9. The summed E-state index contributed by atoms with van der Waals surface area (Å²) in [7, 11) is -4.25. The van der Waals surface area contributed by atoms with Crippen LogP contribution in [0, 0.1) is 5.92 Å². The third-order valence-electron chi connectivity index (χ3n) is 3.28. The Morgan fingerprint density at radius 1 is 1.42 bits per heavy atom. The zero-order valence-electron chi connectivity index (χ0n) is 10.5. The number of rotatable bonds is 4. The van der Waals surface area contributed by atoms with E-state index in [1.807, 2.05) is 28.3 Å². The van der Waals surface area contributed by atoms with E-state index in [2.05, 4.69) is 0 Å². The molecule has 2 unspecified atom stereocenters. The van der Waals surface area contributed by atoms with Gasteiger partial charge in [-0.2, -0.15) is 4.57 Å². The van der Waals surface area contributed by atoms with E-state index in [4.69, 9.17) is 11.6 Å². The Labute approximate surface area is 121 Å². The third-order valence-corrected chi connectivity index (χ3v) is 5.85. The van der Waals surface area contributed by atoms with Gasteiger partial charge in [-0.15, -0.1) is 0 Å². The summed E-state index contributed by atoms with van der Waals surface area (Å²) in [5.74, 6) is -0.260. The van der Waals surface area contributed by atoms with Crippen LogP contribution in [-0.4, -0.2) is 18.2 Å². The highest BCUT2D eigenvalue weighted by molar-refractivity contribution is 7.86. The van der Waals surface area contributed by atoms with Crippen LogP contribution in [0.2, 0.25) is 5.02 Å². The minimum atomic E-state index is -4.25. The van der Waals surface area contributed by atoms with E-state index >= 15 is 0 Å². The van der Waals surface area contributed by atoms with Gasteiger partial charge in [-0.3, -0.25) is 0 Å². The molecule has 0 amide bonds. The van der Waals surface area contributed by atoms with E-state index in [0.717, 1.165) is 10.2 Å². The predicted octanol–water partition coefficient (Wildman–Crippen LogP) is 2.41. The Hall–Kier alpha value is -0.690. The molecule has 2 atom stereocenters. The fourth-order valence-electron chi connectivity index (χ4n) is 1.88. The van der Waals surface area contributed by atoms with Crippen LogP contribution >= 0.6 is 22.9 Å². The number of benzene rings is 1. The molecule has 0 bridgehead atoms. The number of halogens is 1. The Morgan fingerprint density at radius 2 is 2.11 bits per heavy atom. The van der Waals surface area contributed by atoms with Gasteiger partial charge in [0.1, 0.15) is 4.70 Å². The minimum absolute atomic E-state index is 0.260. The van der Waals surface area contributed by atoms with Crippen LogP contribution in [0.4, 0.5) is 0 Å². The summed E-state index contributed by atoms with van der Waals surface area (Å²) in [6, 6.07) is 5.59. The van der Waals surface area contributed by atoms with E-state index in [1.54, 1.807) is 18.3 Å². The second-order valence-corrected chi connectivity index (χ2v) is 7.71. The average molecular weight is 320 g/mol. The largest absolute Gasteiger partial charge is 0.748 e. The second-order valence-electron chi connectivity index (χ2n) is 4.66. The van der Waals surface area contributed by atoms with Gasteiger partial charge in [0.25, 0.3) is 0 Å². The highest BCUT2D eigenvalue weighted by atomic mass is 35.5. The van der Waals surface area contributed by atoms with Crippen molar-refractivity contribution in [3.05, 3.63) is 28.7 Å². The zero-order chi connectivity index (χ0) is 14.2. The van der Waals surface area contributed by atoms with Gasteiger partial charge in [0, 0.05) is 17.0 Å². The molecule has 0 saturated carbocycles. The Kier molecular flexibility index (Phi) is 4.15. The third kappa shape index (κ3) is 3.25. The molecule has 104 valence electrons. The predicted molar refractivity (Wildman–Crippen MR) is 75.4 cm³/mol. The highest BCUT2D eigenvalue weighted by Gasteiger charge is 2.24. The lowest BCUT2D eigenvalue weighted by Crippen LogP contribution is -2.40. The van der Waals surface area contributed by atoms with Crippen molar-refractivity contribution >= 4 is 43.3 Å².